The Balaban J connectivity index is 1.71. The number of benzene rings is 3. The average molecular weight is 511 g/mol. The van der Waals surface area contributed by atoms with Crippen LogP contribution in [0.25, 0.3) is 45.1 Å². The van der Waals surface area contributed by atoms with Crippen LogP contribution in [0.15, 0.2) is 106 Å². The molecule has 0 fully saturated rings. The number of hydrogen-bond donors (Lipinski definition) is 0. The van der Waals surface area contributed by atoms with Crippen molar-refractivity contribution in [2.75, 3.05) is 7.11 Å². The summed E-state index contributed by atoms with van der Waals surface area (Å²) in [7, 11) is 1.68. The van der Waals surface area contributed by atoms with E-state index in [9.17, 15) is 0 Å². The second-order valence-corrected chi connectivity index (χ2v) is 8.83. The Hall–Kier alpha value is -3.18. The zero-order chi connectivity index (χ0) is 21.2. The number of hydrogen-bond acceptors (Lipinski definition) is 3. The molecule has 0 bridgehead atoms. The number of rotatable bonds is 5. The molecule has 0 aliphatic carbocycles. The van der Waals surface area contributed by atoms with Gasteiger partial charge in [-0.1, -0.05) is 0 Å². The van der Waals surface area contributed by atoms with Crippen molar-refractivity contribution < 1.29 is 13.6 Å². The molecule has 31 heavy (non-hydrogen) atoms. The third-order valence-electron chi connectivity index (χ3n) is 5.22. The summed E-state index contributed by atoms with van der Waals surface area (Å²) in [6.07, 6.45) is 0. The molecule has 2 aromatic heterocycles. The SMILES string of the molecule is COc1ccc(-c2c[c]([SnH])oc2-c2cc(-c3ccccc3)oc2-c2ccccc2)cc1. The topological polar surface area (TPSA) is 35.5 Å². The number of furan rings is 2. The Morgan fingerprint density at radius 1 is 0.613 bits per heavy atom. The first-order valence-electron chi connectivity index (χ1n) is 10.0. The first-order valence-corrected chi connectivity index (χ1v) is 11.7. The van der Waals surface area contributed by atoms with Gasteiger partial charge >= 0.3 is 195 Å². The van der Waals surface area contributed by atoms with E-state index in [1.807, 2.05) is 48.5 Å². The molecule has 2 radical (unpaired) electrons. The van der Waals surface area contributed by atoms with Gasteiger partial charge in [0, 0.05) is 0 Å². The first kappa shape index (κ1) is 19.8. The average Bonchev–Trinajstić information content (AvgIpc) is 3.44. The molecular weight excluding hydrogens is 491 g/mol. The minimum absolute atomic E-state index is 0.809. The summed E-state index contributed by atoms with van der Waals surface area (Å²) in [4.78, 5) is 0. The van der Waals surface area contributed by atoms with E-state index in [-0.39, 0.29) is 0 Å². The third kappa shape index (κ3) is 3.93. The van der Waals surface area contributed by atoms with Crippen molar-refractivity contribution in [2.24, 2.45) is 0 Å². The van der Waals surface area contributed by atoms with Gasteiger partial charge in [0.15, 0.2) is 0 Å². The summed E-state index contributed by atoms with van der Waals surface area (Å²) in [5.74, 6) is 3.29. The molecule has 0 saturated heterocycles. The Morgan fingerprint density at radius 3 is 1.90 bits per heavy atom. The van der Waals surface area contributed by atoms with Gasteiger partial charge < -0.3 is 0 Å². The van der Waals surface area contributed by atoms with Crippen LogP contribution in [0.3, 0.4) is 0 Å². The predicted molar refractivity (Wildman–Crippen MR) is 126 cm³/mol. The normalized spacial score (nSPS) is 10.9. The van der Waals surface area contributed by atoms with Gasteiger partial charge in [0.2, 0.25) is 0 Å². The quantitative estimate of drug-likeness (QED) is 0.269. The Labute approximate surface area is 194 Å². The number of ether oxygens (including phenoxy) is 1. The molecule has 0 aliphatic heterocycles. The molecule has 0 aliphatic rings. The summed E-state index contributed by atoms with van der Waals surface area (Å²) in [5, 5.41) is 0. The van der Waals surface area contributed by atoms with Crippen molar-refractivity contribution in [3.05, 3.63) is 97.1 Å². The second kappa shape index (κ2) is 8.52. The van der Waals surface area contributed by atoms with E-state index in [1.165, 1.54) is 0 Å². The van der Waals surface area contributed by atoms with Crippen molar-refractivity contribution >= 4 is 26.3 Å². The van der Waals surface area contributed by atoms with Crippen molar-refractivity contribution in [3.63, 3.8) is 0 Å². The monoisotopic (exact) mass is 512 g/mol. The van der Waals surface area contributed by atoms with Crippen LogP contribution in [0.1, 0.15) is 0 Å². The van der Waals surface area contributed by atoms with Gasteiger partial charge in [-0.15, -0.1) is 0 Å². The molecule has 3 aromatic carbocycles. The van der Waals surface area contributed by atoms with Crippen LogP contribution in [-0.2, 0) is 0 Å². The molecule has 5 aromatic rings. The maximum atomic E-state index is 6.41. The van der Waals surface area contributed by atoms with E-state index < -0.39 is 0 Å². The van der Waals surface area contributed by atoms with Crippen molar-refractivity contribution in [1.29, 1.82) is 0 Å². The molecule has 0 N–H and O–H groups in total. The van der Waals surface area contributed by atoms with Crippen LogP contribution < -0.4 is 8.51 Å². The second-order valence-electron chi connectivity index (χ2n) is 7.21. The predicted octanol–water partition coefficient (Wildman–Crippen LogP) is 6.08. The van der Waals surface area contributed by atoms with Crippen LogP contribution in [0, 0.1) is 0 Å². The van der Waals surface area contributed by atoms with Gasteiger partial charge in [-0.05, 0) is 0 Å². The summed E-state index contributed by atoms with van der Waals surface area (Å²) in [6.45, 7) is 0. The molecule has 0 spiro atoms. The molecule has 150 valence electrons. The first-order chi connectivity index (χ1) is 15.2. The Bertz CT molecular complexity index is 1300. The van der Waals surface area contributed by atoms with E-state index in [0.29, 0.717) is 0 Å². The molecular formula is C27H20O3Sn. The fourth-order valence-electron chi connectivity index (χ4n) is 3.70. The van der Waals surface area contributed by atoms with Crippen molar-refractivity contribution in [1.82, 2.24) is 0 Å². The molecule has 0 amide bonds. The van der Waals surface area contributed by atoms with E-state index in [4.69, 9.17) is 13.6 Å². The maximum absolute atomic E-state index is 6.41. The Morgan fingerprint density at radius 2 is 1.26 bits per heavy atom. The van der Waals surface area contributed by atoms with Crippen LogP contribution in [-0.4, -0.2) is 29.6 Å². The summed E-state index contributed by atoms with van der Waals surface area (Å²) < 4.78 is 19.0. The van der Waals surface area contributed by atoms with E-state index >= 15 is 0 Å². The standard InChI is InChI=1S/C27H19O3.Sn.H/c1-28-22-14-12-19(13-15-22)23-16-17-29-27(23)24-18-25(20-8-4-2-5-9-20)30-26(24)21-10-6-3-7-11-21;;/h2-16,18H,1H3;;. The molecule has 2 heterocycles. The van der Waals surface area contributed by atoms with Crippen LogP contribution in [0.4, 0.5) is 0 Å². The molecule has 0 unspecified atom stereocenters. The fraction of sp³-hybridized carbons (Fsp3) is 0.0370. The van der Waals surface area contributed by atoms with Crippen molar-refractivity contribution in [2.45, 2.75) is 0 Å². The molecule has 3 nitrogen and oxygen atoms in total. The third-order valence-corrected chi connectivity index (χ3v) is 6.04. The number of methoxy groups -OCH3 is 1. The van der Waals surface area contributed by atoms with Crippen molar-refractivity contribution in [3.8, 4) is 50.8 Å². The minimum atomic E-state index is 0.809. The van der Waals surface area contributed by atoms with Gasteiger partial charge in [0.1, 0.15) is 0 Å². The van der Waals surface area contributed by atoms with E-state index in [1.54, 1.807) is 7.11 Å². The summed E-state index contributed by atoms with van der Waals surface area (Å²) in [5.41, 5.74) is 5.15. The molecule has 0 saturated carbocycles. The van der Waals surface area contributed by atoms with E-state index in [0.717, 1.165) is 77.1 Å². The Kier molecular flexibility index (Phi) is 5.43. The molecule has 5 rings (SSSR count). The van der Waals surface area contributed by atoms with Gasteiger partial charge in [-0.2, -0.15) is 0 Å². The zero-order valence-corrected chi connectivity index (χ0v) is 20.3. The van der Waals surface area contributed by atoms with Crippen LogP contribution in [0.2, 0.25) is 0 Å². The summed E-state index contributed by atoms with van der Waals surface area (Å²) >= 11 is 0.896. The van der Waals surface area contributed by atoms with Gasteiger partial charge in [0.25, 0.3) is 0 Å². The van der Waals surface area contributed by atoms with Crippen LogP contribution in [0.5, 0.6) is 5.75 Å². The van der Waals surface area contributed by atoms with Gasteiger partial charge in [-0.3, -0.25) is 0 Å². The summed E-state index contributed by atoms with van der Waals surface area (Å²) in [6, 6.07) is 32.6. The molecule has 4 heteroatoms. The van der Waals surface area contributed by atoms with Crippen LogP contribution >= 0.6 is 0 Å². The zero-order valence-electron chi connectivity index (χ0n) is 17.0. The van der Waals surface area contributed by atoms with E-state index in [2.05, 4.69) is 48.5 Å². The van der Waals surface area contributed by atoms with Gasteiger partial charge in [0.05, 0.1) is 0 Å². The fourth-order valence-corrected chi connectivity index (χ4v) is 4.52. The van der Waals surface area contributed by atoms with Gasteiger partial charge in [-0.25, -0.2) is 0 Å². The molecule has 0 atom stereocenters.